The highest BCUT2D eigenvalue weighted by Gasteiger charge is 2.69. The van der Waals surface area contributed by atoms with Crippen LogP contribution in [-0.2, 0) is 4.79 Å². The molecular formula is C44H58N2O4. The molecule has 3 aromatic rings. The van der Waals surface area contributed by atoms with Crippen molar-refractivity contribution in [2.45, 2.75) is 112 Å². The molecule has 6 nitrogen and oxygen atoms in total. The third-order valence-electron chi connectivity index (χ3n) is 16.4. The molecule has 1 heterocycles. The van der Waals surface area contributed by atoms with E-state index in [1.165, 1.54) is 12.8 Å². The highest BCUT2D eigenvalue weighted by Crippen LogP contribution is 2.75. The molecule has 0 bridgehead atoms. The number of H-pyrrole nitrogens is 1. The molecule has 2 aromatic carbocycles. The monoisotopic (exact) mass is 678 g/mol. The van der Waals surface area contributed by atoms with Crippen LogP contribution < -0.4 is 9.47 Å². The number of allylic oxidation sites excluding steroid dienone is 2. The van der Waals surface area contributed by atoms with Gasteiger partial charge in [-0.15, -0.1) is 0 Å². The molecular weight excluding hydrogens is 620 g/mol. The Hall–Kier alpha value is -3.12. The van der Waals surface area contributed by atoms with Gasteiger partial charge in [-0.25, -0.2) is 4.98 Å². The van der Waals surface area contributed by atoms with Gasteiger partial charge in [-0.1, -0.05) is 72.2 Å². The molecule has 0 aliphatic heterocycles. The van der Waals surface area contributed by atoms with Crippen molar-refractivity contribution in [3.63, 3.8) is 0 Å². The fourth-order valence-electron chi connectivity index (χ4n) is 13.0. The van der Waals surface area contributed by atoms with Crippen LogP contribution in [0.5, 0.6) is 11.5 Å². The SMILES string of the molecule is COc1cc(-c2nc3ccccc3[nH]2)ccc1OC(=O)[C@]12CC[C@@H](C)[C@H](C)[C@H]1C1=CC[C@@H]3[C@@]4(C)CC[C@H](O)C(C)(C)[C@@H]4CC[C@@]3(C)[C@]1(C)CC2. The van der Waals surface area contributed by atoms with E-state index < -0.39 is 5.41 Å². The summed E-state index contributed by atoms with van der Waals surface area (Å²) in [6.07, 6.45) is 11.6. The van der Waals surface area contributed by atoms with Gasteiger partial charge >= 0.3 is 5.97 Å². The van der Waals surface area contributed by atoms with Gasteiger partial charge in [0.1, 0.15) is 5.82 Å². The largest absolute Gasteiger partial charge is 0.493 e. The third-order valence-corrected chi connectivity index (χ3v) is 16.4. The number of aromatic amines is 1. The van der Waals surface area contributed by atoms with Crippen LogP contribution in [0.1, 0.15) is 106 Å². The Balaban J connectivity index is 1.13. The Morgan fingerprint density at radius 1 is 0.900 bits per heavy atom. The number of aromatic nitrogens is 2. The number of fused-ring (bicyclic) bond motifs is 8. The number of aliphatic hydroxyl groups excluding tert-OH is 1. The second-order valence-corrected chi connectivity index (χ2v) is 18.5. The smallest absolute Gasteiger partial charge is 0.318 e. The molecule has 5 aliphatic carbocycles. The quantitative estimate of drug-likeness (QED) is 0.163. The summed E-state index contributed by atoms with van der Waals surface area (Å²) in [5.41, 5.74) is 4.07. The van der Waals surface area contributed by atoms with Gasteiger partial charge < -0.3 is 19.6 Å². The van der Waals surface area contributed by atoms with Crippen molar-refractivity contribution < 1.29 is 19.4 Å². The summed E-state index contributed by atoms with van der Waals surface area (Å²) in [7, 11) is 1.64. The molecule has 50 heavy (non-hydrogen) atoms. The first kappa shape index (κ1) is 34.0. The maximum atomic E-state index is 14.9. The molecule has 5 aliphatic rings. The number of hydrogen-bond donors (Lipinski definition) is 2. The fraction of sp³-hybridized carbons (Fsp3) is 0.636. The van der Waals surface area contributed by atoms with Gasteiger partial charge in [0.15, 0.2) is 11.5 Å². The van der Waals surface area contributed by atoms with Gasteiger partial charge in [0.25, 0.3) is 0 Å². The number of methoxy groups -OCH3 is 1. The van der Waals surface area contributed by atoms with E-state index in [2.05, 4.69) is 59.5 Å². The number of nitrogens with zero attached hydrogens (tertiary/aromatic N) is 1. The van der Waals surface area contributed by atoms with Crippen LogP contribution >= 0.6 is 0 Å². The number of imidazole rings is 1. The molecule has 6 heteroatoms. The van der Waals surface area contributed by atoms with E-state index in [4.69, 9.17) is 14.5 Å². The lowest BCUT2D eigenvalue weighted by Crippen LogP contribution is -2.65. The van der Waals surface area contributed by atoms with Gasteiger partial charge in [0.2, 0.25) is 0 Å². The van der Waals surface area contributed by atoms with Gasteiger partial charge in [-0.2, -0.15) is 0 Å². The average Bonchev–Trinajstić information content (AvgIpc) is 3.53. The van der Waals surface area contributed by atoms with Crippen molar-refractivity contribution in [2.24, 2.45) is 56.7 Å². The molecule has 1 aromatic heterocycles. The van der Waals surface area contributed by atoms with E-state index in [1.807, 2.05) is 42.5 Å². The normalized spacial score (nSPS) is 40.5. The van der Waals surface area contributed by atoms with Crippen molar-refractivity contribution in [3.05, 3.63) is 54.1 Å². The van der Waals surface area contributed by atoms with Crippen LogP contribution in [0.25, 0.3) is 22.4 Å². The van der Waals surface area contributed by atoms with E-state index in [9.17, 15) is 9.90 Å². The first-order chi connectivity index (χ1) is 23.7. The minimum absolute atomic E-state index is 0.0236. The lowest BCUT2D eigenvalue weighted by Gasteiger charge is -2.71. The maximum Gasteiger partial charge on any atom is 0.318 e. The number of benzene rings is 2. The number of aliphatic hydroxyl groups is 1. The number of carbonyl (C=O) groups excluding carboxylic acids is 1. The molecule has 10 atom stereocenters. The van der Waals surface area contributed by atoms with Crippen LogP contribution in [-0.4, -0.2) is 34.3 Å². The average molecular weight is 679 g/mol. The van der Waals surface area contributed by atoms with Crippen LogP contribution in [0.15, 0.2) is 54.1 Å². The van der Waals surface area contributed by atoms with E-state index in [0.717, 1.165) is 67.4 Å². The lowest BCUT2D eigenvalue weighted by molar-refractivity contribution is -0.206. The summed E-state index contributed by atoms with van der Waals surface area (Å²) in [4.78, 5) is 23.0. The first-order valence-electron chi connectivity index (χ1n) is 19.4. The van der Waals surface area contributed by atoms with Crippen molar-refractivity contribution in [2.75, 3.05) is 7.11 Å². The van der Waals surface area contributed by atoms with Crippen LogP contribution in [0, 0.1) is 56.7 Å². The zero-order valence-electron chi connectivity index (χ0n) is 31.6. The number of para-hydroxylation sites is 2. The molecule has 0 unspecified atom stereocenters. The summed E-state index contributed by atoms with van der Waals surface area (Å²) >= 11 is 0. The van der Waals surface area contributed by atoms with Crippen LogP contribution in [0.2, 0.25) is 0 Å². The summed E-state index contributed by atoms with van der Waals surface area (Å²) < 4.78 is 12.3. The van der Waals surface area contributed by atoms with Crippen molar-refractivity contribution in [1.82, 2.24) is 9.97 Å². The van der Waals surface area contributed by atoms with Crippen molar-refractivity contribution >= 4 is 17.0 Å². The van der Waals surface area contributed by atoms with Gasteiger partial charge in [-0.3, -0.25) is 4.79 Å². The molecule has 0 saturated heterocycles. The minimum atomic E-state index is -0.555. The van der Waals surface area contributed by atoms with Gasteiger partial charge in [0, 0.05) is 5.56 Å². The van der Waals surface area contributed by atoms with Crippen molar-refractivity contribution in [3.8, 4) is 22.9 Å². The zero-order chi connectivity index (χ0) is 35.4. The minimum Gasteiger partial charge on any atom is -0.493 e. The van der Waals surface area contributed by atoms with E-state index in [0.29, 0.717) is 35.2 Å². The first-order valence-corrected chi connectivity index (χ1v) is 19.4. The summed E-state index contributed by atoms with van der Waals surface area (Å²) in [5, 5.41) is 11.1. The molecule has 4 saturated carbocycles. The predicted molar refractivity (Wildman–Crippen MR) is 199 cm³/mol. The third kappa shape index (κ3) is 4.55. The number of rotatable bonds is 4. The maximum absolute atomic E-state index is 14.9. The van der Waals surface area contributed by atoms with Crippen LogP contribution in [0.3, 0.4) is 0 Å². The summed E-state index contributed by atoms with van der Waals surface area (Å²) in [6.45, 7) is 17.2. The molecule has 0 spiro atoms. The Morgan fingerprint density at radius 2 is 1.68 bits per heavy atom. The Bertz CT molecular complexity index is 1830. The number of hydrogen-bond acceptors (Lipinski definition) is 5. The van der Waals surface area contributed by atoms with E-state index in [-0.39, 0.29) is 39.7 Å². The highest BCUT2D eigenvalue weighted by atomic mass is 16.6. The zero-order valence-corrected chi connectivity index (χ0v) is 31.6. The Kier molecular flexibility index (Phi) is 7.78. The fourth-order valence-corrected chi connectivity index (χ4v) is 13.0. The van der Waals surface area contributed by atoms with E-state index >= 15 is 0 Å². The van der Waals surface area contributed by atoms with E-state index in [1.54, 1.807) is 12.7 Å². The summed E-state index contributed by atoms with van der Waals surface area (Å²) in [5.74, 6) is 3.86. The van der Waals surface area contributed by atoms with Gasteiger partial charge in [0.05, 0.1) is 29.7 Å². The number of carbonyl (C=O) groups is 1. The predicted octanol–water partition coefficient (Wildman–Crippen LogP) is 10.2. The number of ether oxygens (including phenoxy) is 2. The second kappa shape index (κ2) is 11.4. The standard InChI is InChI=1S/C44H58N2O4/c1-26-17-22-44(39(48)50-32-15-13-28(25-33(32)49-8)38-45-30-11-9-10-12-31(30)46-38)24-23-42(6)29(37(44)27(26)2)14-16-35-41(5)20-19-36(47)40(3,4)34(41)18-21-43(35,42)7/h9-15,25-27,34-37,47H,16-24H2,1-8H3,(H,45,46)/t26-,27+,34+,35-,36+,37+,41+,42-,43-,44+/m1/s1. The molecule has 268 valence electrons. The van der Waals surface area contributed by atoms with Gasteiger partial charge in [-0.05, 0) is 139 Å². The topological polar surface area (TPSA) is 84.4 Å². The molecule has 0 amide bonds. The lowest BCUT2D eigenvalue weighted by atomic mass is 9.33. The van der Waals surface area contributed by atoms with Crippen LogP contribution in [0.4, 0.5) is 0 Å². The van der Waals surface area contributed by atoms with Crippen molar-refractivity contribution in [1.29, 1.82) is 0 Å². The molecule has 2 N–H and O–H groups in total. The molecule has 8 rings (SSSR count). The highest BCUT2D eigenvalue weighted by molar-refractivity contribution is 5.83. The second-order valence-electron chi connectivity index (χ2n) is 18.5. The number of esters is 1. The molecule has 0 radical (unpaired) electrons. The summed E-state index contributed by atoms with van der Waals surface area (Å²) in [6, 6.07) is 13.8. The molecule has 4 fully saturated rings. The number of nitrogens with one attached hydrogen (secondary N) is 1. The Morgan fingerprint density at radius 3 is 2.44 bits per heavy atom. The Labute approximate surface area is 298 Å².